The van der Waals surface area contributed by atoms with Crippen LogP contribution in [0.1, 0.15) is 67.2 Å². The van der Waals surface area contributed by atoms with Gasteiger partial charge in [-0.3, -0.25) is 9.59 Å². The standard InChI is InChI=1S/C22H30O2/c1-19(2)15-9-11-21(19,5)17(23)13(15)7-8-14-16-10-12-22(6,18(14)24)20(16,3)4/h7-8,15-16H,9-12H2,1-6H3. The van der Waals surface area contributed by atoms with E-state index >= 15 is 0 Å². The minimum Gasteiger partial charge on any atom is -0.294 e. The van der Waals surface area contributed by atoms with Gasteiger partial charge < -0.3 is 0 Å². The van der Waals surface area contributed by atoms with Crippen LogP contribution in [-0.2, 0) is 9.59 Å². The van der Waals surface area contributed by atoms with Gasteiger partial charge in [0.05, 0.1) is 0 Å². The van der Waals surface area contributed by atoms with Gasteiger partial charge in [0.1, 0.15) is 0 Å². The SMILES string of the molecule is CC12CCC(C(=CC=C3C(=O)C4(C)CCC3C4(C)C)C1=O)C2(C)C. The summed E-state index contributed by atoms with van der Waals surface area (Å²) in [7, 11) is 0. The molecule has 4 aliphatic carbocycles. The van der Waals surface area contributed by atoms with Crippen molar-refractivity contribution in [2.75, 3.05) is 0 Å². The second kappa shape index (κ2) is 4.31. The molecule has 4 atom stereocenters. The van der Waals surface area contributed by atoms with E-state index in [0.29, 0.717) is 23.4 Å². The smallest absolute Gasteiger partial charge is 0.165 e. The fourth-order valence-electron chi connectivity index (χ4n) is 6.42. The maximum atomic E-state index is 13.0. The zero-order valence-corrected chi connectivity index (χ0v) is 16.0. The van der Waals surface area contributed by atoms with E-state index in [1.165, 1.54) is 0 Å². The highest BCUT2D eigenvalue weighted by atomic mass is 16.1. The molecule has 0 spiro atoms. The van der Waals surface area contributed by atoms with Crippen molar-refractivity contribution >= 4 is 11.6 Å². The summed E-state index contributed by atoms with van der Waals surface area (Å²) in [5.74, 6) is 1.34. The minimum absolute atomic E-state index is 0.0400. The third-order valence-corrected chi connectivity index (χ3v) is 9.17. The summed E-state index contributed by atoms with van der Waals surface area (Å²) in [6.45, 7) is 13.2. The van der Waals surface area contributed by atoms with E-state index in [1.54, 1.807) is 0 Å². The molecule has 24 heavy (non-hydrogen) atoms. The van der Waals surface area contributed by atoms with E-state index in [4.69, 9.17) is 0 Å². The van der Waals surface area contributed by atoms with Gasteiger partial charge in [-0.1, -0.05) is 53.7 Å². The Hall–Kier alpha value is -1.18. The Morgan fingerprint density at radius 2 is 1.04 bits per heavy atom. The van der Waals surface area contributed by atoms with Gasteiger partial charge in [-0.15, -0.1) is 0 Å². The zero-order chi connectivity index (χ0) is 17.7. The predicted octanol–water partition coefficient (Wildman–Crippen LogP) is 4.89. The van der Waals surface area contributed by atoms with Crippen molar-refractivity contribution in [1.82, 2.24) is 0 Å². The number of hydrogen-bond donors (Lipinski definition) is 0. The van der Waals surface area contributed by atoms with Gasteiger partial charge in [0.15, 0.2) is 11.6 Å². The molecular formula is C22H30O2. The largest absolute Gasteiger partial charge is 0.294 e. The molecule has 4 fully saturated rings. The van der Waals surface area contributed by atoms with E-state index in [2.05, 4.69) is 41.5 Å². The molecule has 4 bridgehead atoms. The summed E-state index contributed by atoms with van der Waals surface area (Å²) in [6.07, 6.45) is 8.25. The molecule has 2 heteroatoms. The number of allylic oxidation sites excluding steroid dienone is 4. The van der Waals surface area contributed by atoms with Gasteiger partial charge >= 0.3 is 0 Å². The fraction of sp³-hybridized carbons (Fsp3) is 0.727. The second-order valence-corrected chi connectivity index (χ2v) is 10.2. The van der Waals surface area contributed by atoms with Crippen LogP contribution in [0.15, 0.2) is 23.3 Å². The Labute approximate surface area is 145 Å². The lowest BCUT2D eigenvalue weighted by Gasteiger charge is -2.31. The highest BCUT2D eigenvalue weighted by molar-refractivity contribution is 6.07. The lowest BCUT2D eigenvalue weighted by atomic mass is 9.70. The van der Waals surface area contributed by atoms with Gasteiger partial charge in [0, 0.05) is 10.8 Å². The molecule has 0 N–H and O–H groups in total. The Kier molecular flexibility index (Phi) is 2.93. The summed E-state index contributed by atoms with van der Waals surface area (Å²) in [5, 5.41) is 0. The van der Waals surface area contributed by atoms with E-state index in [1.807, 2.05) is 12.2 Å². The van der Waals surface area contributed by atoms with Crippen molar-refractivity contribution in [3.8, 4) is 0 Å². The topological polar surface area (TPSA) is 34.1 Å². The molecule has 0 aliphatic heterocycles. The Balaban J connectivity index is 1.74. The molecule has 4 saturated carbocycles. The van der Waals surface area contributed by atoms with Gasteiger partial charge in [-0.2, -0.15) is 0 Å². The van der Waals surface area contributed by atoms with Gasteiger partial charge in [0.25, 0.3) is 0 Å². The summed E-state index contributed by atoms with van der Waals surface area (Å²) < 4.78 is 0. The molecule has 4 unspecified atom stereocenters. The number of fused-ring (bicyclic) bond motifs is 4. The monoisotopic (exact) mass is 326 g/mol. The summed E-state index contributed by atoms with van der Waals surface area (Å²) in [4.78, 5) is 25.9. The van der Waals surface area contributed by atoms with Crippen LogP contribution >= 0.6 is 0 Å². The fourth-order valence-corrected chi connectivity index (χ4v) is 6.42. The van der Waals surface area contributed by atoms with Crippen molar-refractivity contribution in [2.45, 2.75) is 67.2 Å². The lowest BCUT2D eigenvalue weighted by Crippen LogP contribution is -2.32. The normalized spacial score (nSPS) is 48.2. The number of hydrogen-bond acceptors (Lipinski definition) is 2. The van der Waals surface area contributed by atoms with Crippen LogP contribution in [0.25, 0.3) is 0 Å². The molecule has 0 aromatic heterocycles. The summed E-state index contributed by atoms with van der Waals surface area (Å²) in [5.41, 5.74) is 1.59. The second-order valence-electron chi connectivity index (χ2n) is 10.2. The first-order valence-corrected chi connectivity index (χ1v) is 9.50. The molecule has 0 aromatic rings. The first-order chi connectivity index (χ1) is 11.0. The average molecular weight is 326 g/mol. The van der Waals surface area contributed by atoms with E-state index < -0.39 is 0 Å². The highest BCUT2D eigenvalue weighted by Crippen LogP contribution is 2.67. The molecule has 4 aliphatic rings. The maximum absolute atomic E-state index is 13.0. The maximum Gasteiger partial charge on any atom is 0.165 e. The average Bonchev–Trinajstić information content (AvgIpc) is 2.97. The Morgan fingerprint density at radius 3 is 1.29 bits per heavy atom. The Bertz CT molecular complexity index is 658. The summed E-state index contributed by atoms with van der Waals surface area (Å²) >= 11 is 0. The predicted molar refractivity (Wildman–Crippen MR) is 95.4 cm³/mol. The molecule has 0 heterocycles. The van der Waals surface area contributed by atoms with Crippen LogP contribution in [0.3, 0.4) is 0 Å². The van der Waals surface area contributed by atoms with Crippen molar-refractivity contribution in [2.24, 2.45) is 33.5 Å². The first-order valence-electron chi connectivity index (χ1n) is 9.50. The first kappa shape index (κ1) is 16.3. The number of rotatable bonds is 1. The number of ketones is 2. The van der Waals surface area contributed by atoms with Crippen LogP contribution < -0.4 is 0 Å². The third kappa shape index (κ3) is 1.50. The molecule has 130 valence electrons. The van der Waals surface area contributed by atoms with Crippen molar-refractivity contribution in [1.29, 1.82) is 0 Å². The number of carbonyl (C=O) groups excluding carboxylic acids is 2. The molecule has 2 nitrogen and oxygen atoms in total. The van der Waals surface area contributed by atoms with Crippen LogP contribution in [0.5, 0.6) is 0 Å². The molecule has 0 saturated heterocycles. The van der Waals surface area contributed by atoms with Gasteiger partial charge in [-0.05, 0) is 59.5 Å². The molecule has 0 radical (unpaired) electrons. The van der Waals surface area contributed by atoms with Crippen LogP contribution in [0, 0.1) is 33.5 Å². The molecule has 0 aromatic carbocycles. The number of carbonyl (C=O) groups is 2. The minimum atomic E-state index is -0.216. The van der Waals surface area contributed by atoms with Gasteiger partial charge in [0.2, 0.25) is 0 Å². The van der Waals surface area contributed by atoms with Crippen molar-refractivity contribution in [3.63, 3.8) is 0 Å². The van der Waals surface area contributed by atoms with Crippen LogP contribution in [0.4, 0.5) is 0 Å². The van der Waals surface area contributed by atoms with Crippen molar-refractivity contribution in [3.05, 3.63) is 23.3 Å². The van der Waals surface area contributed by atoms with Crippen LogP contribution in [0.2, 0.25) is 0 Å². The number of Topliss-reactive ketones (excluding diaryl/α,β-unsaturated/α-hetero) is 2. The van der Waals surface area contributed by atoms with Gasteiger partial charge in [-0.25, -0.2) is 0 Å². The van der Waals surface area contributed by atoms with E-state index in [-0.39, 0.29) is 21.7 Å². The van der Waals surface area contributed by atoms with E-state index in [9.17, 15) is 9.59 Å². The summed E-state index contributed by atoms with van der Waals surface area (Å²) in [6, 6.07) is 0. The Morgan fingerprint density at radius 1 is 0.708 bits per heavy atom. The molecule has 4 rings (SSSR count). The zero-order valence-electron chi connectivity index (χ0n) is 16.0. The quantitative estimate of drug-likeness (QED) is 0.643. The highest BCUT2D eigenvalue weighted by Gasteiger charge is 2.65. The lowest BCUT2D eigenvalue weighted by molar-refractivity contribution is -0.126. The van der Waals surface area contributed by atoms with Crippen LogP contribution in [-0.4, -0.2) is 11.6 Å². The third-order valence-electron chi connectivity index (χ3n) is 9.17. The molecule has 0 amide bonds. The van der Waals surface area contributed by atoms with E-state index in [0.717, 1.165) is 36.8 Å². The molecular weight excluding hydrogens is 296 g/mol. The van der Waals surface area contributed by atoms with Crippen molar-refractivity contribution < 1.29 is 9.59 Å².